The fourth-order valence-electron chi connectivity index (χ4n) is 2.29. The van der Waals surface area contributed by atoms with Gasteiger partial charge in [-0.05, 0) is 31.9 Å². The van der Waals surface area contributed by atoms with Crippen LogP contribution in [0.3, 0.4) is 0 Å². The van der Waals surface area contributed by atoms with Crippen LogP contribution in [0.25, 0.3) is 0 Å². The van der Waals surface area contributed by atoms with Crippen LogP contribution in [0.1, 0.15) is 28.8 Å². The molecule has 1 aliphatic heterocycles. The van der Waals surface area contributed by atoms with Crippen molar-refractivity contribution in [3.8, 4) is 0 Å². The van der Waals surface area contributed by atoms with Crippen LogP contribution in [-0.2, 0) is 4.79 Å². The number of amides is 1. The molecule has 1 N–H and O–H groups in total. The fourth-order valence-corrected chi connectivity index (χ4v) is 2.29. The second-order valence-corrected chi connectivity index (χ2v) is 4.77. The maximum Gasteiger partial charge on any atom is 0.306 e. The molecule has 1 amide bonds. The van der Waals surface area contributed by atoms with E-state index in [0.717, 1.165) is 5.56 Å². The summed E-state index contributed by atoms with van der Waals surface area (Å²) in [6.45, 7) is 3.01. The van der Waals surface area contributed by atoms with Gasteiger partial charge in [-0.2, -0.15) is 0 Å². The Kier molecular flexibility index (Phi) is 3.65. The third-order valence-corrected chi connectivity index (χ3v) is 3.40. The molecular formula is C14H17NO3. The number of rotatable bonds is 2. The first-order valence-electron chi connectivity index (χ1n) is 6.16. The number of aliphatic carboxylic acids is 1. The number of carboxylic acids is 1. The minimum absolute atomic E-state index is 0.00235. The van der Waals surface area contributed by atoms with E-state index < -0.39 is 5.97 Å². The molecular weight excluding hydrogens is 230 g/mol. The van der Waals surface area contributed by atoms with Gasteiger partial charge in [0.05, 0.1) is 5.92 Å². The summed E-state index contributed by atoms with van der Waals surface area (Å²) in [6, 6.07) is 7.49. The third-order valence-electron chi connectivity index (χ3n) is 3.40. The molecule has 0 bridgehead atoms. The lowest BCUT2D eigenvalue weighted by molar-refractivity contribution is -0.143. The molecule has 0 aromatic heterocycles. The smallest absolute Gasteiger partial charge is 0.306 e. The molecule has 1 fully saturated rings. The highest BCUT2D eigenvalue weighted by Gasteiger charge is 2.27. The van der Waals surface area contributed by atoms with E-state index in [-0.39, 0.29) is 11.8 Å². The highest BCUT2D eigenvalue weighted by atomic mass is 16.4. The van der Waals surface area contributed by atoms with Crippen LogP contribution < -0.4 is 0 Å². The van der Waals surface area contributed by atoms with E-state index in [1.807, 2.05) is 25.1 Å². The molecule has 4 nitrogen and oxygen atoms in total. The minimum atomic E-state index is -0.752. The summed E-state index contributed by atoms with van der Waals surface area (Å²) in [5, 5.41) is 8.91. The van der Waals surface area contributed by atoms with Crippen LogP contribution in [0.5, 0.6) is 0 Å². The highest BCUT2D eigenvalue weighted by molar-refractivity contribution is 5.94. The van der Waals surface area contributed by atoms with Gasteiger partial charge >= 0.3 is 5.97 Å². The van der Waals surface area contributed by atoms with Gasteiger partial charge in [-0.15, -0.1) is 0 Å². The molecule has 0 radical (unpaired) electrons. The quantitative estimate of drug-likeness (QED) is 0.868. The molecule has 0 aliphatic carbocycles. The zero-order valence-corrected chi connectivity index (χ0v) is 10.4. The van der Waals surface area contributed by atoms with Gasteiger partial charge in [0.2, 0.25) is 0 Å². The van der Waals surface area contributed by atoms with Crippen molar-refractivity contribution in [3.63, 3.8) is 0 Å². The van der Waals surface area contributed by atoms with E-state index >= 15 is 0 Å². The molecule has 0 saturated carbocycles. The van der Waals surface area contributed by atoms with Crippen LogP contribution in [0.4, 0.5) is 0 Å². The average molecular weight is 247 g/mol. The van der Waals surface area contributed by atoms with Gasteiger partial charge in [-0.25, -0.2) is 0 Å². The van der Waals surface area contributed by atoms with Crippen molar-refractivity contribution in [3.05, 3.63) is 35.4 Å². The maximum absolute atomic E-state index is 12.2. The van der Waals surface area contributed by atoms with E-state index in [0.29, 0.717) is 31.5 Å². The van der Waals surface area contributed by atoms with E-state index in [9.17, 15) is 9.59 Å². The van der Waals surface area contributed by atoms with Gasteiger partial charge < -0.3 is 10.0 Å². The van der Waals surface area contributed by atoms with Crippen molar-refractivity contribution >= 4 is 11.9 Å². The first-order chi connectivity index (χ1) is 8.58. The Balaban J connectivity index is 2.02. The minimum Gasteiger partial charge on any atom is -0.481 e. The lowest BCUT2D eigenvalue weighted by Gasteiger charge is -2.30. The highest BCUT2D eigenvalue weighted by Crippen LogP contribution is 2.19. The van der Waals surface area contributed by atoms with Crippen molar-refractivity contribution in [2.24, 2.45) is 5.92 Å². The number of carbonyl (C=O) groups is 2. The third kappa shape index (κ3) is 2.70. The van der Waals surface area contributed by atoms with E-state index in [4.69, 9.17) is 5.11 Å². The summed E-state index contributed by atoms with van der Waals surface area (Å²) >= 11 is 0. The molecule has 1 heterocycles. The largest absolute Gasteiger partial charge is 0.481 e. The van der Waals surface area contributed by atoms with E-state index in [1.54, 1.807) is 11.0 Å². The van der Waals surface area contributed by atoms with Gasteiger partial charge in [0.25, 0.3) is 5.91 Å². The zero-order valence-electron chi connectivity index (χ0n) is 10.4. The lowest BCUT2D eigenvalue weighted by atomic mass is 9.96. The normalized spacial score (nSPS) is 16.6. The number of carbonyl (C=O) groups excluding carboxylic acids is 1. The van der Waals surface area contributed by atoms with Crippen LogP contribution >= 0.6 is 0 Å². The Morgan fingerprint density at radius 1 is 1.28 bits per heavy atom. The molecule has 1 aromatic rings. The lowest BCUT2D eigenvalue weighted by Crippen LogP contribution is -2.40. The Bertz CT molecular complexity index is 462. The Hall–Kier alpha value is -1.84. The Morgan fingerprint density at radius 2 is 1.94 bits per heavy atom. The fraction of sp³-hybridized carbons (Fsp3) is 0.429. The second kappa shape index (κ2) is 5.21. The summed E-state index contributed by atoms with van der Waals surface area (Å²) in [5.74, 6) is -1.05. The van der Waals surface area contributed by atoms with Gasteiger partial charge in [0.15, 0.2) is 0 Å². The first-order valence-corrected chi connectivity index (χ1v) is 6.16. The van der Waals surface area contributed by atoms with Crippen molar-refractivity contribution in [1.82, 2.24) is 4.90 Å². The zero-order chi connectivity index (χ0) is 13.1. The van der Waals surface area contributed by atoms with E-state index in [1.165, 1.54) is 0 Å². The SMILES string of the molecule is Cc1cccc(C(=O)N2CCC(C(=O)O)CC2)c1. The number of hydrogen-bond donors (Lipinski definition) is 1. The second-order valence-electron chi connectivity index (χ2n) is 4.77. The van der Waals surface area contributed by atoms with Crippen molar-refractivity contribution in [2.75, 3.05) is 13.1 Å². The van der Waals surface area contributed by atoms with Crippen molar-refractivity contribution < 1.29 is 14.7 Å². The Labute approximate surface area is 106 Å². The van der Waals surface area contributed by atoms with Crippen LogP contribution in [0.2, 0.25) is 0 Å². The van der Waals surface area contributed by atoms with Crippen LogP contribution in [-0.4, -0.2) is 35.0 Å². The van der Waals surface area contributed by atoms with Gasteiger partial charge in [0, 0.05) is 18.7 Å². The summed E-state index contributed by atoms with van der Waals surface area (Å²) in [5.41, 5.74) is 1.74. The number of benzene rings is 1. The molecule has 1 saturated heterocycles. The molecule has 18 heavy (non-hydrogen) atoms. The summed E-state index contributed by atoms with van der Waals surface area (Å²) in [4.78, 5) is 24.8. The van der Waals surface area contributed by atoms with Gasteiger partial charge in [0.1, 0.15) is 0 Å². The number of aryl methyl sites for hydroxylation is 1. The number of hydrogen-bond acceptors (Lipinski definition) is 2. The molecule has 1 aromatic carbocycles. The number of carboxylic acid groups (broad SMARTS) is 1. The summed E-state index contributed by atoms with van der Waals surface area (Å²) < 4.78 is 0. The molecule has 96 valence electrons. The number of likely N-dealkylation sites (tertiary alicyclic amines) is 1. The van der Waals surface area contributed by atoms with Crippen LogP contribution in [0.15, 0.2) is 24.3 Å². The van der Waals surface area contributed by atoms with Crippen molar-refractivity contribution in [1.29, 1.82) is 0 Å². The molecule has 4 heteroatoms. The summed E-state index contributed by atoms with van der Waals surface area (Å²) in [7, 11) is 0. The molecule has 1 aliphatic rings. The number of piperidine rings is 1. The molecule has 0 unspecified atom stereocenters. The average Bonchev–Trinajstić information content (AvgIpc) is 2.38. The predicted octanol–water partition coefficient (Wildman–Crippen LogP) is 1.93. The number of nitrogens with zero attached hydrogens (tertiary/aromatic N) is 1. The van der Waals surface area contributed by atoms with Crippen molar-refractivity contribution in [2.45, 2.75) is 19.8 Å². The van der Waals surface area contributed by atoms with Gasteiger partial charge in [-0.3, -0.25) is 9.59 Å². The van der Waals surface area contributed by atoms with Crippen LogP contribution in [0, 0.1) is 12.8 Å². The molecule has 0 atom stereocenters. The van der Waals surface area contributed by atoms with E-state index in [2.05, 4.69) is 0 Å². The molecule has 2 rings (SSSR count). The Morgan fingerprint density at radius 3 is 2.50 bits per heavy atom. The standard InChI is InChI=1S/C14H17NO3/c1-10-3-2-4-12(9-10)13(16)15-7-5-11(6-8-15)14(17)18/h2-4,9,11H,5-8H2,1H3,(H,17,18). The topological polar surface area (TPSA) is 57.6 Å². The molecule has 0 spiro atoms. The maximum atomic E-state index is 12.2. The first kappa shape index (κ1) is 12.6. The van der Waals surface area contributed by atoms with Gasteiger partial charge in [-0.1, -0.05) is 17.7 Å². The predicted molar refractivity (Wildman–Crippen MR) is 67.4 cm³/mol. The summed E-state index contributed by atoms with van der Waals surface area (Å²) in [6.07, 6.45) is 1.10. The monoisotopic (exact) mass is 247 g/mol.